The predicted molar refractivity (Wildman–Crippen MR) is 139 cm³/mol. The summed E-state index contributed by atoms with van der Waals surface area (Å²) >= 11 is 0. The summed E-state index contributed by atoms with van der Waals surface area (Å²) in [5.74, 6) is 0.903. The maximum absolute atomic E-state index is 12.4. The number of allylic oxidation sites excluding steroid dienone is 1. The SMILES string of the molecule is C[C@@H]1OC(OC2C=C3CCC4C(CCC5(C)C(c6ccc(=O)oc6)CCC45O)C3(C)CC2)[C@H](O)CC1N. The summed E-state index contributed by atoms with van der Waals surface area (Å²) in [5.41, 5.74) is 7.33. The Labute approximate surface area is 219 Å². The van der Waals surface area contributed by atoms with E-state index >= 15 is 0 Å². The van der Waals surface area contributed by atoms with Gasteiger partial charge in [-0.1, -0.05) is 25.5 Å². The molecule has 4 fully saturated rings. The Morgan fingerprint density at radius 2 is 1.89 bits per heavy atom. The van der Waals surface area contributed by atoms with E-state index in [0.717, 1.165) is 56.9 Å². The van der Waals surface area contributed by atoms with Crippen molar-refractivity contribution in [2.24, 2.45) is 28.4 Å². The van der Waals surface area contributed by atoms with Gasteiger partial charge in [0.25, 0.3) is 0 Å². The normalized spacial score (nSPS) is 49.5. The smallest absolute Gasteiger partial charge is 0.335 e. The van der Waals surface area contributed by atoms with Gasteiger partial charge in [0.1, 0.15) is 6.10 Å². The first-order chi connectivity index (χ1) is 17.5. The van der Waals surface area contributed by atoms with Crippen molar-refractivity contribution >= 4 is 0 Å². The summed E-state index contributed by atoms with van der Waals surface area (Å²) in [5, 5.41) is 22.9. The van der Waals surface area contributed by atoms with E-state index in [2.05, 4.69) is 19.9 Å². The molecule has 1 aromatic rings. The van der Waals surface area contributed by atoms with Crippen LogP contribution in [0.4, 0.5) is 0 Å². The van der Waals surface area contributed by atoms with Crippen LogP contribution in [-0.4, -0.2) is 46.5 Å². The molecule has 2 heterocycles. The third-order valence-corrected chi connectivity index (χ3v) is 11.5. The Kier molecular flexibility index (Phi) is 6.28. The van der Waals surface area contributed by atoms with Gasteiger partial charge in [-0.3, -0.25) is 0 Å². The van der Waals surface area contributed by atoms with Crippen LogP contribution in [-0.2, 0) is 9.47 Å². The van der Waals surface area contributed by atoms with Crippen molar-refractivity contribution in [3.05, 3.63) is 46.0 Å². The zero-order valence-electron chi connectivity index (χ0n) is 22.4. The van der Waals surface area contributed by atoms with Gasteiger partial charge in [-0.05, 0) is 99.5 Å². The van der Waals surface area contributed by atoms with E-state index in [1.807, 2.05) is 13.0 Å². The fourth-order valence-electron chi connectivity index (χ4n) is 9.15. The van der Waals surface area contributed by atoms with Crippen molar-refractivity contribution in [1.82, 2.24) is 0 Å². The molecule has 3 saturated carbocycles. The number of aliphatic hydroxyl groups is 2. The predicted octanol–water partition coefficient (Wildman–Crippen LogP) is 4.01. The number of fused-ring (bicyclic) bond motifs is 5. The van der Waals surface area contributed by atoms with Crippen LogP contribution < -0.4 is 11.4 Å². The molecular formula is C30H43NO6. The second kappa shape index (κ2) is 9.02. The summed E-state index contributed by atoms with van der Waals surface area (Å²) in [6.45, 7) is 6.61. The topological polar surface area (TPSA) is 115 Å². The standard InChI is InChI=1S/C30H43NO6/c1-17-24(31)15-25(32)27(36-17)37-20-8-11-28(2)19(14-20)5-6-23-22(28)9-12-29(3)21(10-13-30(23,29)34)18-4-7-26(33)35-16-18/h4,7,14,16-17,20-25,27,32,34H,5-6,8-13,15,31H2,1-3H3/t17-,20?,21?,22?,23?,24?,25+,27?,28?,29?,30?/m0/s1. The summed E-state index contributed by atoms with van der Waals surface area (Å²) in [4.78, 5) is 11.5. The molecule has 7 nitrogen and oxygen atoms in total. The van der Waals surface area contributed by atoms with E-state index in [0.29, 0.717) is 12.3 Å². The van der Waals surface area contributed by atoms with E-state index in [1.165, 1.54) is 11.6 Å². The molecule has 0 spiro atoms. The highest BCUT2D eigenvalue weighted by molar-refractivity contribution is 5.31. The largest absolute Gasteiger partial charge is 0.431 e. The summed E-state index contributed by atoms with van der Waals surface area (Å²) in [7, 11) is 0. The maximum atomic E-state index is 12.4. The van der Waals surface area contributed by atoms with E-state index in [-0.39, 0.29) is 46.5 Å². The molecule has 9 unspecified atom stereocenters. The van der Waals surface area contributed by atoms with Crippen molar-refractivity contribution in [3.63, 3.8) is 0 Å². The molecule has 6 rings (SSSR count). The Hall–Kier alpha value is -1.51. The lowest BCUT2D eigenvalue weighted by Crippen LogP contribution is -2.60. The molecule has 7 heteroatoms. The maximum Gasteiger partial charge on any atom is 0.335 e. The number of aliphatic hydroxyl groups excluding tert-OH is 1. The number of nitrogens with two attached hydrogens (primary N) is 1. The first-order valence-corrected chi connectivity index (χ1v) is 14.3. The van der Waals surface area contributed by atoms with Gasteiger partial charge >= 0.3 is 5.63 Å². The van der Waals surface area contributed by atoms with Gasteiger partial charge in [-0.25, -0.2) is 4.79 Å². The Balaban J connectivity index is 1.21. The third-order valence-electron chi connectivity index (χ3n) is 11.5. The highest BCUT2D eigenvalue weighted by atomic mass is 16.7. The molecule has 37 heavy (non-hydrogen) atoms. The van der Waals surface area contributed by atoms with E-state index in [1.54, 1.807) is 6.26 Å². The van der Waals surface area contributed by atoms with Crippen LogP contribution in [0.5, 0.6) is 0 Å². The fourth-order valence-corrected chi connectivity index (χ4v) is 9.15. The molecule has 5 aliphatic rings. The molecule has 0 bridgehead atoms. The van der Waals surface area contributed by atoms with Gasteiger partial charge in [-0.2, -0.15) is 0 Å². The molecule has 11 atom stereocenters. The lowest BCUT2D eigenvalue weighted by Gasteiger charge is -2.62. The molecule has 0 aromatic carbocycles. The summed E-state index contributed by atoms with van der Waals surface area (Å²) in [6.07, 6.45) is 10.5. The van der Waals surface area contributed by atoms with Crippen molar-refractivity contribution in [2.45, 2.75) is 121 Å². The van der Waals surface area contributed by atoms with Crippen LogP contribution in [0, 0.1) is 22.7 Å². The Morgan fingerprint density at radius 1 is 1.08 bits per heavy atom. The minimum absolute atomic E-state index is 0.0547. The second-order valence-corrected chi connectivity index (χ2v) is 13.1. The quantitative estimate of drug-likeness (QED) is 0.523. The van der Waals surface area contributed by atoms with E-state index in [9.17, 15) is 15.0 Å². The van der Waals surface area contributed by atoms with E-state index in [4.69, 9.17) is 19.6 Å². The van der Waals surface area contributed by atoms with Crippen LogP contribution in [0.2, 0.25) is 0 Å². The number of hydrogen-bond donors (Lipinski definition) is 3. The van der Waals surface area contributed by atoms with Gasteiger partial charge in [0.15, 0.2) is 6.29 Å². The Bertz CT molecular complexity index is 1100. The highest BCUT2D eigenvalue weighted by Crippen LogP contribution is 2.70. The van der Waals surface area contributed by atoms with E-state index < -0.39 is 18.0 Å². The van der Waals surface area contributed by atoms with Crippen LogP contribution in [0.1, 0.15) is 90.0 Å². The zero-order chi connectivity index (χ0) is 26.2. The minimum Gasteiger partial charge on any atom is -0.431 e. The van der Waals surface area contributed by atoms with Gasteiger partial charge < -0.3 is 29.8 Å². The van der Waals surface area contributed by atoms with Crippen LogP contribution in [0.3, 0.4) is 0 Å². The van der Waals surface area contributed by atoms with Crippen LogP contribution in [0.15, 0.2) is 39.3 Å². The second-order valence-electron chi connectivity index (χ2n) is 13.1. The average molecular weight is 514 g/mol. The highest BCUT2D eigenvalue weighted by Gasteiger charge is 2.66. The third kappa shape index (κ3) is 3.91. The molecule has 1 aromatic heterocycles. The molecular weight excluding hydrogens is 470 g/mol. The fraction of sp³-hybridized carbons (Fsp3) is 0.767. The Morgan fingerprint density at radius 3 is 2.65 bits per heavy atom. The first kappa shape index (κ1) is 25.8. The van der Waals surface area contributed by atoms with Crippen molar-refractivity contribution < 1.29 is 24.1 Å². The molecule has 0 amide bonds. The molecule has 4 aliphatic carbocycles. The van der Waals surface area contributed by atoms with Gasteiger partial charge in [0.2, 0.25) is 0 Å². The molecule has 204 valence electrons. The first-order valence-electron chi connectivity index (χ1n) is 14.3. The van der Waals surface area contributed by atoms with Crippen LogP contribution in [0.25, 0.3) is 0 Å². The van der Waals surface area contributed by atoms with Gasteiger partial charge in [-0.15, -0.1) is 0 Å². The number of ether oxygens (including phenoxy) is 2. The number of rotatable bonds is 3. The average Bonchev–Trinajstić information content (AvgIpc) is 3.14. The molecule has 1 aliphatic heterocycles. The molecule has 4 N–H and O–H groups in total. The number of hydrogen-bond acceptors (Lipinski definition) is 7. The van der Waals surface area contributed by atoms with Gasteiger partial charge in [0.05, 0.1) is 24.1 Å². The molecule has 0 radical (unpaired) electrons. The van der Waals surface area contributed by atoms with Crippen molar-refractivity contribution in [3.8, 4) is 0 Å². The molecule has 1 saturated heterocycles. The lowest BCUT2D eigenvalue weighted by atomic mass is 9.45. The summed E-state index contributed by atoms with van der Waals surface area (Å²) < 4.78 is 17.4. The zero-order valence-corrected chi connectivity index (χ0v) is 22.4. The monoisotopic (exact) mass is 513 g/mol. The lowest BCUT2D eigenvalue weighted by molar-refractivity contribution is -0.254. The van der Waals surface area contributed by atoms with Crippen LogP contribution >= 0.6 is 0 Å². The van der Waals surface area contributed by atoms with Crippen molar-refractivity contribution in [1.29, 1.82) is 0 Å². The van der Waals surface area contributed by atoms with Crippen molar-refractivity contribution in [2.75, 3.05) is 0 Å². The summed E-state index contributed by atoms with van der Waals surface area (Å²) in [6, 6.07) is 3.23. The van der Waals surface area contributed by atoms with Gasteiger partial charge in [0, 0.05) is 17.5 Å². The minimum atomic E-state index is -0.715.